The molecule has 0 spiro atoms. The van der Waals surface area contributed by atoms with Gasteiger partial charge < -0.3 is 20.1 Å². The maximum atomic E-state index is 12.6. The van der Waals surface area contributed by atoms with Crippen LogP contribution < -0.4 is 5.32 Å². The van der Waals surface area contributed by atoms with E-state index in [0.29, 0.717) is 43.8 Å². The zero-order valence-electron chi connectivity index (χ0n) is 15.7. The summed E-state index contributed by atoms with van der Waals surface area (Å²) < 4.78 is 5.94. The number of anilines is 1. The molecule has 0 unspecified atom stereocenters. The smallest absolute Gasteiger partial charge is 0.338 e. The third-order valence-electron chi connectivity index (χ3n) is 4.88. The van der Waals surface area contributed by atoms with Crippen LogP contribution in [-0.4, -0.2) is 41.7 Å². The summed E-state index contributed by atoms with van der Waals surface area (Å²) in [5.74, 6) is -0.420. The molecule has 2 aromatic rings. The van der Waals surface area contributed by atoms with E-state index in [-0.39, 0.29) is 6.03 Å². The Labute approximate surface area is 172 Å². The molecule has 0 atom stereocenters. The molecule has 1 aliphatic rings. The number of nitrogens with one attached hydrogen (secondary N) is 1. The molecule has 2 aromatic carbocycles. The van der Waals surface area contributed by atoms with Crippen molar-refractivity contribution in [1.82, 2.24) is 4.90 Å². The zero-order valence-corrected chi connectivity index (χ0v) is 17.2. The maximum Gasteiger partial charge on any atom is 0.338 e. The molecular formula is C21H23BrN2O4. The average molecular weight is 447 g/mol. The van der Waals surface area contributed by atoms with E-state index in [1.807, 2.05) is 24.3 Å². The molecule has 1 aliphatic heterocycles. The predicted molar refractivity (Wildman–Crippen MR) is 110 cm³/mol. The highest BCUT2D eigenvalue weighted by Gasteiger charge is 2.35. The van der Waals surface area contributed by atoms with Crippen LogP contribution in [0.5, 0.6) is 0 Å². The van der Waals surface area contributed by atoms with Gasteiger partial charge >= 0.3 is 12.0 Å². The number of carbonyl (C=O) groups is 2. The van der Waals surface area contributed by atoms with Gasteiger partial charge in [0.25, 0.3) is 0 Å². The maximum absolute atomic E-state index is 12.6. The van der Waals surface area contributed by atoms with Crippen LogP contribution in [0.2, 0.25) is 0 Å². The Morgan fingerprint density at radius 3 is 2.50 bits per heavy atom. The number of nitrogens with zero attached hydrogens (tertiary/aromatic N) is 1. The number of likely N-dealkylation sites (tertiary alicyclic amines) is 1. The summed E-state index contributed by atoms with van der Waals surface area (Å²) in [6.45, 7) is 2.92. The first kappa shape index (κ1) is 20.4. The van der Waals surface area contributed by atoms with Gasteiger partial charge in [0.05, 0.1) is 17.8 Å². The van der Waals surface area contributed by atoms with Gasteiger partial charge in [-0.2, -0.15) is 0 Å². The first-order chi connectivity index (χ1) is 13.4. The molecule has 0 saturated carbocycles. The number of carbonyl (C=O) groups excluding carboxylic acids is 2. The van der Waals surface area contributed by atoms with Crippen LogP contribution in [0.4, 0.5) is 10.5 Å². The molecule has 28 heavy (non-hydrogen) atoms. The van der Waals surface area contributed by atoms with Crippen molar-refractivity contribution in [2.75, 3.05) is 25.0 Å². The van der Waals surface area contributed by atoms with Gasteiger partial charge in [0.1, 0.15) is 0 Å². The van der Waals surface area contributed by atoms with Crippen molar-refractivity contribution in [1.29, 1.82) is 0 Å². The number of esters is 1. The van der Waals surface area contributed by atoms with E-state index in [1.165, 1.54) is 0 Å². The van der Waals surface area contributed by atoms with Gasteiger partial charge in [-0.15, -0.1) is 0 Å². The molecule has 0 aromatic heterocycles. The first-order valence-electron chi connectivity index (χ1n) is 9.23. The largest absolute Gasteiger partial charge is 0.462 e. The fourth-order valence-corrected chi connectivity index (χ4v) is 3.53. The Hall–Kier alpha value is -2.38. The fourth-order valence-electron chi connectivity index (χ4n) is 3.27. The summed E-state index contributed by atoms with van der Waals surface area (Å²) in [6, 6.07) is 14.0. The monoisotopic (exact) mass is 446 g/mol. The molecule has 1 fully saturated rings. The molecule has 1 saturated heterocycles. The van der Waals surface area contributed by atoms with E-state index >= 15 is 0 Å². The lowest BCUT2D eigenvalue weighted by molar-refractivity contribution is -0.0157. The predicted octanol–water partition coefficient (Wildman–Crippen LogP) is 4.14. The fraction of sp³-hybridized carbons (Fsp3) is 0.333. The number of benzene rings is 2. The Morgan fingerprint density at radius 2 is 1.86 bits per heavy atom. The van der Waals surface area contributed by atoms with E-state index in [2.05, 4.69) is 21.2 Å². The normalized spacial score (nSPS) is 15.8. The Morgan fingerprint density at radius 1 is 1.18 bits per heavy atom. The van der Waals surface area contributed by atoms with Crippen LogP contribution in [0.15, 0.2) is 53.0 Å². The van der Waals surface area contributed by atoms with Gasteiger partial charge in [-0.3, -0.25) is 0 Å². The summed E-state index contributed by atoms with van der Waals surface area (Å²) in [5, 5.41) is 13.8. The summed E-state index contributed by atoms with van der Waals surface area (Å²) in [5.41, 5.74) is 0.853. The lowest BCUT2D eigenvalue weighted by atomic mass is 9.84. The van der Waals surface area contributed by atoms with E-state index in [0.717, 1.165) is 10.0 Å². The standard InChI is InChI=1S/C21H23BrN2O4/c1-2-28-19(25)15-4-3-5-18(14-15)23-20(26)24-12-10-21(27,11-13-24)16-6-8-17(22)9-7-16/h3-9,14,27H,2,10-13H2,1H3,(H,23,26). The third kappa shape index (κ3) is 4.72. The molecule has 0 aliphatic carbocycles. The summed E-state index contributed by atoms with van der Waals surface area (Å²) in [4.78, 5) is 26.1. The topological polar surface area (TPSA) is 78.9 Å². The highest BCUT2D eigenvalue weighted by Crippen LogP contribution is 2.33. The van der Waals surface area contributed by atoms with Crippen molar-refractivity contribution in [2.45, 2.75) is 25.4 Å². The molecule has 0 bridgehead atoms. The number of urea groups is 1. The minimum Gasteiger partial charge on any atom is -0.462 e. The molecule has 2 amide bonds. The number of aliphatic hydroxyl groups is 1. The minimum atomic E-state index is -0.929. The van der Waals surface area contributed by atoms with E-state index in [1.54, 1.807) is 36.1 Å². The first-order valence-corrected chi connectivity index (χ1v) is 10.0. The zero-order chi connectivity index (χ0) is 20.1. The number of ether oxygens (including phenoxy) is 1. The van der Waals surface area contributed by atoms with Crippen molar-refractivity contribution in [3.8, 4) is 0 Å². The van der Waals surface area contributed by atoms with Crippen molar-refractivity contribution in [3.63, 3.8) is 0 Å². The molecule has 2 N–H and O–H groups in total. The SMILES string of the molecule is CCOC(=O)c1cccc(NC(=O)N2CCC(O)(c3ccc(Br)cc3)CC2)c1. The van der Waals surface area contributed by atoms with Gasteiger partial charge in [0.15, 0.2) is 0 Å². The van der Waals surface area contributed by atoms with Crippen molar-refractivity contribution in [2.24, 2.45) is 0 Å². The average Bonchev–Trinajstić information content (AvgIpc) is 2.69. The van der Waals surface area contributed by atoms with Crippen molar-refractivity contribution in [3.05, 3.63) is 64.1 Å². The lowest BCUT2D eigenvalue weighted by Gasteiger charge is -2.38. The molecule has 1 heterocycles. The van der Waals surface area contributed by atoms with Gasteiger partial charge in [-0.25, -0.2) is 9.59 Å². The Kier molecular flexibility index (Phi) is 6.36. The molecular weight excluding hydrogens is 424 g/mol. The lowest BCUT2D eigenvalue weighted by Crippen LogP contribution is -2.46. The van der Waals surface area contributed by atoms with Crippen LogP contribution in [0.1, 0.15) is 35.7 Å². The number of halogens is 1. The molecule has 7 heteroatoms. The van der Waals surface area contributed by atoms with Crippen LogP contribution in [0.3, 0.4) is 0 Å². The van der Waals surface area contributed by atoms with Crippen molar-refractivity contribution >= 4 is 33.6 Å². The van der Waals surface area contributed by atoms with E-state index in [9.17, 15) is 14.7 Å². The van der Waals surface area contributed by atoms with Crippen LogP contribution >= 0.6 is 15.9 Å². The van der Waals surface area contributed by atoms with Gasteiger partial charge in [-0.05, 0) is 55.7 Å². The van der Waals surface area contributed by atoms with Crippen LogP contribution in [-0.2, 0) is 10.3 Å². The highest BCUT2D eigenvalue weighted by molar-refractivity contribution is 9.10. The third-order valence-corrected chi connectivity index (χ3v) is 5.41. The molecule has 148 valence electrons. The number of hydrogen-bond donors (Lipinski definition) is 2. The number of piperidine rings is 1. The van der Waals surface area contributed by atoms with E-state index in [4.69, 9.17) is 4.74 Å². The van der Waals surface area contributed by atoms with Gasteiger partial charge in [-0.1, -0.05) is 34.1 Å². The Balaban J connectivity index is 1.60. The second-order valence-corrected chi connectivity index (χ2v) is 7.67. The highest BCUT2D eigenvalue weighted by atomic mass is 79.9. The number of rotatable bonds is 4. The summed E-state index contributed by atoms with van der Waals surface area (Å²) >= 11 is 3.40. The number of amides is 2. The van der Waals surface area contributed by atoms with Crippen LogP contribution in [0, 0.1) is 0 Å². The molecule has 6 nitrogen and oxygen atoms in total. The quantitative estimate of drug-likeness (QED) is 0.691. The Bertz CT molecular complexity index is 846. The second kappa shape index (κ2) is 8.75. The minimum absolute atomic E-state index is 0.251. The van der Waals surface area contributed by atoms with Gasteiger partial charge in [0, 0.05) is 23.2 Å². The van der Waals surface area contributed by atoms with Crippen molar-refractivity contribution < 1.29 is 19.4 Å². The van der Waals surface area contributed by atoms with Crippen LogP contribution in [0.25, 0.3) is 0 Å². The second-order valence-electron chi connectivity index (χ2n) is 6.76. The molecule has 3 rings (SSSR count). The number of hydrogen-bond acceptors (Lipinski definition) is 4. The van der Waals surface area contributed by atoms with E-state index < -0.39 is 11.6 Å². The van der Waals surface area contributed by atoms with Gasteiger partial charge in [0.2, 0.25) is 0 Å². The molecule has 0 radical (unpaired) electrons. The summed E-state index contributed by atoms with van der Waals surface area (Å²) in [7, 11) is 0. The summed E-state index contributed by atoms with van der Waals surface area (Å²) in [6.07, 6.45) is 0.926.